The minimum atomic E-state index is -0.920. The Hall–Kier alpha value is -2.00. The Labute approximate surface area is 123 Å². The number of carboxylic acids is 1. The van der Waals surface area contributed by atoms with Gasteiger partial charge in [0.2, 0.25) is 0 Å². The Morgan fingerprint density at radius 3 is 2.45 bits per heavy atom. The van der Waals surface area contributed by atoms with E-state index in [0.29, 0.717) is 0 Å². The topological polar surface area (TPSA) is 37.3 Å². The SMILES string of the molecule is O=C(O)C=Cc1ccccc1CSCc1ccccc1. The van der Waals surface area contributed by atoms with E-state index in [9.17, 15) is 4.79 Å². The second-order valence-corrected chi connectivity index (χ2v) is 5.33. The normalized spacial score (nSPS) is 10.8. The van der Waals surface area contributed by atoms with Crippen LogP contribution in [0.15, 0.2) is 60.7 Å². The molecule has 1 N–H and O–H groups in total. The molecule has 0 atom stereocenters. The van der Waals surface area contributed by atoms with E-state index in [1.54, 1.807) is 6.08 Å². The van der Waals surface area contributed by atoms with Crippen LogP contribution in [-0.2, 0) is 16.3 Å². The second-order valence-electron chi connectivity index (χ2n) is 4.35. The third-order valence-corrected chi connectivity index (χ3v) is 3.88. The molecule has 0 radical (unpaired) electrons. The minimum Gasteiger partial charge on any atom is -0.478 e. The maximum absolute atomic E-state index is 10.6. The van der Waals surface area contributed by atoms with Crippen LogP contribution in [0.25, 0.3) is 6.08 Å². The van der Waals surface area contributed by atoms with Crippen molar-refractivity contribution in [3.8, 4) is 0 Å². The molecule has 0 amide bonds. The fraction of sp³-hybridized carbons (Fsp3) is 0.118. The summed E-state index contributed by atoms with van der Waals surface area (Å²) in [7, 11) is 0. The van der Waals surface area contributed by atoms with E-state index in [1.807, 2.05) is 54.2 Å². The summed E-state index contributed by atoms with van der Waals surface area (Å²) in [4.78, 5) is 10.6. The summed E-state index contributed by atoms with van der Waals surface area (Å²) in [6, 6.07) is 18.2. The zero-order valence-corrected chi connectivity index (χ0v) is 11.8. The van der Waals surface area contributed by atoms with Crippen molar-refractivity contribution in [2.75, 3.05) is 0 Å². The Balaban J connectivity index is 1.97. The molecule has 0 aliphatic carbocycles. The third kappa shape index (κ3) is 4.59. The molecule has 0 fully saturated rings. The lowest BCUT2D eigenvalue weighted by Gasteiger charge is -2.06. The highest BCUT2D eigenvalue weighted by Crippen LogP contribution is 2.21. The number of carboxylic acid groups (broad SMARTS) is 1. The Kier molecular flexibility index (Phi) is 5.44. The molecule has 0 aliphatic heterocycles. The summed E-state index contributed by atoms with van der Waals surface area (Å²) >= 11 is 1.83. The van der Waals surface area contributed by atoms with E-state index in [1.165, 1.54) is 11.6 Å². The van der Waals surface area contributed by atoms with Gasteiger partial charge in [0.15, 0.2) is 0 Å². The Bertz CT molecular complexity index is 591. The highest BCUT2D eigenvalue weighted by atomic mass is 32.2. The molecule has 102 valence electrons. The standard InChI is InChI=1S/C17H16O2S/c18-17(19)11-10-15-8-4-5-9-16(15)13-20-12-14-6-2-1-3-7-14/h1-11H,12-13H2,(H,18,19). The first-order valence-electron chi connectivity index (χ1n) is 6.36. The quantitative estimate of drug-likeness (QED) is 0.807. The van der Waals surface area contributed by atoms with Gasteiger partial charge in [-0.1, -0.05) is 54.6 Å². The van der Waals surface area contributed by atoms with Crippen LogP contribution in [0.4, 0.5) is 0 Å². The fourth-order valence-corrected chi connectivity index (χ4v) is 2.86. The molecule has 2 rings (SSSR count). The average molecular weight is 284 g/mol. The Morgan fingerprint density at radius 2 is 1.70 bits per heavy atom. The van der Waals surface area contributed by atoms with Gasteiger partial charge in [0.25, 0.3) is 0 Å². The third-order valence-electron chi connectivity index (χ3n) is 2.83. The summed E-state index contributed by atoms with van der Waals surface area (Å²) in [5.41, 5.74) is 3.43. The number of benzene rings is 2. The number of aliphatic carboxylic acids is 1. The minimum absolute atomic E-state index is 0.870. The summed E-state index contributed by atoms with van der Waals surface area (Å²) in [5, 5.41) is 8.70. The average Bonchev–Trinajstić information content (AvgIpc) is 2.47. The monoisotopic (exact) mass is 284 g/mol. The van der Waals surface area contributed by atoms with Crippen molar-refractivity contribution in [1.29, 1.82) is 0 Å². The molecule has 0 aliphatic rings. The van der Waals surface area contributed by atoms with Gasteiger partial charge >= 0.3 is 5.97 Å². The van der Waals surface area contributed by atoms with E-state index in [4.69, 9.17) is 5.11 Å². The van der Waals surface area contributed by atoms with E-state index < -0.39 is 5.97 Å². The van der Waals surface area contributed by atoms with Crippen molar-refractivity contribution >= 4 is 23.8 Å². The molecule has 2 aromatic carbocycles. The predicted octanol–water partition coefficient (Wildman–Crippen LogP) is 4.22. The molecule has 3 heteroatoms. The van der Waals surface area contributed by atoms with Gasteiger partial charge in [-0.2, -0.15) is 11.8 Å². The van der Waals surface area contributed by atoms with Gasteiger partial charge in [-0.3, -0.25) is 0 Å². The van der Waals surface area contributed by atoms with Crippen molar-refractivity contribution in [3.63, 3.8) is 0 Å². The largest absolute Gasteiger partial charge is 0.478 e. The number of rotatable bonds is 6. The molecule has 0 unspecified atom stereocenters. The lowest BCUT2D eigenvalue weighted by molar-refractivity contribution is -0.131. The summed E-state index contributed by atoms with van der Waals surface area (Å²) in [6.45, 7) is 0. The first-order valence-corrected chi connectivity index (χ1v) is 7.52. The zero-order valence-electron chi connectivity index (χ0n) is 11.0. The van der Waals surface area contributed by atoms with Crippen LogP contribution in [0.3, 0.4) is 0 Å². The lowest BCUT2D eigenvalue weighted by atomic mass is 10.1. The molecule has 20 heavy (non-hydrogen) atoms. The first kappa shape index (κ1) is 14.4. The van der Waals surface area contributed by atoms with Crippen molar-refractivity contribution < 1.29 is 9.90 Å². The van der Waals surface area contributed by atoms with Gasteiger partial charge in [-0.25, -0.2) is 4.79 Å². The number of hydrogen-bond acceptors (Lipinski definition) is 2. The smallest absolute Gasteiger partial charge is 0.328 e. The van der Waals surface area contributed by atoms with Crippen molar-refractivity contribution in [3.05, 3.63) is 77.4 Å². The summed E-state index contributed by atoms with van der Waals surface area (Å²) < 4.78 is 0. The van der Waals surface area contributed by atoms with Crippen LogP contribution in [0.1, 0.15) is 16.7 Å². The fourth-order valence-electron chi connectivity index (χ4n) is 1.84. The van der Waals surface area contributed by atoms with Gasteiger partial charge in [0.05, 0.1) is 0 Å². The van der Waals surface area contributed by atoms with Crippen LogP contribution in [0.2, 0.25) is 0 Å². The zero-order chi connectivity index (χ0) is 14.2. The first-order chi connectivity index (χ1) is 9.75. The maximum atomic E-state index is 10.6. The van der Waals surface area contributed by atoms with Gasteiger partial charge in [-0.05, 0) is 22.8 Å². The predicted molar refractivity (Wildman–Crippen MR) is 84.6 cm³/mol. The highest BCUT2D eigenvalue weighted by molar-refractivity contribution is 7.97. The lowest BCUT2D eigenvalue weighted by Crippen LogP contribution is -1.90. The van der Waals surface area contributed by atoms with Crippen LogP contribution in [0, 0.1) is 0 Å². The second kappa shape index (κ2) is 7.56. The maximum Gasteiger partial charge on any atom is 0.328 e. The van der Waals surface area contributed by atoms with Crippen LogP contribution in [0.5, 0.6) is 0 Å². The highest BCUT2D eigenvalue weighted by Gasteiger charge is 2.00. The molecule has 2 nitrogen and oxygen atoms in total. The van der Waals surface area contributed by atoms with Gasteiger partial charge in [0, 0.05) is 17.6 Å². The molecule has 0 saturated heterocycles. The van der Waals surface area contributed by atoms with Gasteiger partial charge < -0.3 is 5.11 Å². The van der Waals surface area contributed by atoms with Crippen LogP contribution < -0.4 is 0 Å². The summed E-state index contributed by atoms with van der Waals surface area (Å²) in [6.07, 6.45) is 2.83. The summed E-state index contributed by atoms with van der Waals surface area (Å²) in [5.74, 6) is 0.907. The van der Waals surface area contributed by atoms with Crippen LogP contribution in [-0.4, -0.2) is 11.1 Å². The number of thioether (sulfide) groups is 1. The number of carbonyl (C=O) groups is 1. The number of hydrogen-bond donors (Lipinski definition) is 1. The van der Waals surface area contributed by atoms with Crippen molar-refractivity contribution in [2.24, 2.45) is 0 Å². The van der Waals surface area contributed by atoms with E-state index >= 15 is 0 Å². The molecular formula is C17H16O2S. The molecule has 0 aromatic heterocycles. The molecule has 0 bridgehead atoms. The van der Waals surface area contributed by atoms with E-state index in [2.05, 4.69) is 12.1 Å². The molecule has 0 heterocycles. The van der Waals surface area contributed by atoms with E-state index in [-0.39, 0.29) is 0 Å². The van der Waals surface area contributed by atoms with Crippen molar-refractivity contribution in [1.82, 2.24) is 0 Å². The van der Waals surface area contributed by atoms with Crippen LogP contribution >= 0.6 is 11.8 Å². The Morgan fingerprint density at radius 1 is 1.00 bits per heavy atom. The van der Waals surface area contributed by atoms with Crippen molar-refractivity contribution in [2.45, 2.75) is 11.5 Å². The molecular weight excluding hydrogens is 268 g/mol. The van der Waals surface area contributed by atoms with E-state index in [0.717, 1.165) is 22.6 Å². The molecule has 0 spiro atoms. The molecule has 0 saturated carbocycles. The molecule has 2 aromatic rings. The van der Waals surface area contributed by atoms with Gasteiger partial charge in [-0.15, -0.1) is 0 Å². The van der Waals surface area contributed by atoms with Gasteiger partial charge in [0.1, 0.15) is 0 Å².